The van der Waals surface area contributed by atoms with E-state index in [2.05, 4.69) is 35.0 Å². The van der Waals surface area contributed by atoms with Crippen LogP contribution < -0.4 is 14.8 Å². The second-order valence-corrected chi connectivity index (χ2v) is 11.5. The lowest BCUT2D eigenvalue weighted by atomic mass is 9.49. The molecule has 2 aromatic carbocycles. The third kappa shape index (κ3) is 4.22. The van der Waals surface area contributed by atoms with Gasteiger partial charge in [-0.1, -0.05) is 24.3 Å². The highest BCUT2D eigenvalue weighted by Gasteiger charge is 2.54. The van der Waals surface area contributed by atoms with E-state index in [9.17, 15) is 4.79 Å². The second kappa shape index (κ2) is 8.98. The number of hydrogen-bond acceptors (Lipinski definition) is 5. The summed E-state index contributed by atoms with van der Waals surface area (Å²) >= 11 is 1.62. The van der Waals surface area contributed by atoms with E-state index in [0.29, 0.717) is 24.0 Å². The Hall–Kier alpha value is -2.86. The van der Waals surface area contributed by atoms with Gasteiger partial charge >= 0.3 is 0 Å². The third-order valence-electron chi connectivity index (χ3n) is 8.36. The van der Waals surface area contributed by atoms with Gasteiger partial charge in [0, 0.05) is 28.5 Å². The lowest BCUT2D eigenvalue weighted by Crippen LogP contribution is -2.53. The zero-order valence-electron chi connectivity index (χ0n) is 20.4. The molecule has 4 saturated carbocycles. The lowest BCUT2D eigenvalue weighted by molar-refractivity contribution is -0.146. The van der Waals surface area contributed by atoms with Crippen LogP contribution in [0.2, 0.25) is 0 Å². The Bertz CT molecular complexity index is 1200. The SMILES string of the molecule is COc1ccc(-c2csc(-c3ccc(CNC(=O)C45CC6CC(CC(C6)C4)C5)cc3)n2)cc1OC. The van der Waals surface area contributed by atoms with Gasteiger partial charge in [-0.2, -0.15) is 0 Å². The number of carbonyl (C=O) groups excluding carboxylic acids is 1. The minimum atomic E-state index is -0.0872. The molecule has 182 valence electrons. The number of amides is 1. The number of ether oxygens (including phenoxy) is 2. The molecule has 0 unspecified atom stereocenters. The molecule has 3 aromatic rings. The first-order chi connectivity index (χ1) is 17.0. The van der Waals surface area contributed by atoms with Crippen molar-refractivity contribution < 1.29 is 14.3 Å². The Morgan fingerprint density at radius 3 is 2.20 bits per heavy atom. The first-order valence-corrected chi connectivity index (χ1v) is 13.5. The molecule has 0 atom stereocenters. The summed E-state index contributed by atoms with van der Waals surface area (Å²) < 4.78 is 10.8. The average Bonchev–Trinajstić information content (AvgIpc) is 3.37. The first kappa shape index (κ1) is 22.6. The monoisotopic (exact) mass is 488 g/mol. The number of carbonyl (C=O) groups is 1. The minimum absolute atomic E-state index is 0.0872. The van der Waals surface area contributed by atoms with Gasteiger partial charge in [0.1, 0.15) is 5.01 Å². The summed E-state index contributed by atoms with van der Waals surface area (Å²) in [5.74, 6) is 4.05. The van der Waals surface area contributed by atoms with Crippen molar-refractivity contribution in [3.05, 3.63) is 53.4 Å². The lowest BCUT2D eigenvalue weighted by Gasteiger charge is -2.55. The standard InChI is InChI=1S/C29H32N2O3S/c1-33-25-8-7-23(12-26(25)34-2)24-17-35-27(31-24)22-5-3-18(4-6-22)16-30-28(32)29-13-19-9-20(14-29)11-21(10-19)15-29/h3-8,12,17,19-21H,9-11,13-16H2,1-2H3,(H,30,32). The number of nitrogens with zero attached hydrogens (tertiary/aromatic N) is 1. The fraction of sp³-hybridized carbons (Fsp3) is 0.448. The summed E-state index contributed by atoms with van der Waals surface area (Å²) in [5.41, 5.74) is 4.03. The average molecular weight is 489 g/mol. The van der Waals surface area contributed by atoms with Crippen molar-refractivity contribution in [2.75, 3.05) is 14.2 Å². The van der Waals surface area contributed by atoms with Gasteiger partial charge < -0.3 is 14.8 Å². The van der Waals surface area contributed by atoms with Gasteiger partial charge in [-0.3, -0.25) is 4.79 Å². The maximum absolute atomic E-state index is 13.2. The van der Waals surface area contributed by atoms with Gasteiger partial charge in [0.25, 0.3) is 0 Å². The van der Waals surface area contributed by atoms with Crippen LogP contribution in [0.25, 0.3) is 21.8 Å². The van der Waals surface area contributed by atoms with Crippen molar-refractivity contribution in [1.29, 1.82) is 0 Å². The number of benzene rings is 2. The molecule has 0 spiro atoms. The van der Waals surface area contributed by atoms with Crippen molar-refractivity contribution >= 4 is 17.2 Å². The predicted octanol–water partition coefficient (Wildman–Crippen LogP) is 6.33. The molecule has 4 aliphatic carbocycles. The zero-order chi connectivity index (χ0) is 24.0. The summed E-state index contributed by atoms with van der Waals surface area (Å²) in [6.07, 6.45) is 7.40. The van der Waals surface area contributed by atoms with Crippen molar-refractivity contribution in [3.63, 3.8) is 0 Å². The molecule has 7 rings (SSSR count). The van der Waals surface area contributed by atoms with Gasteiger partial charge in [-0.25, -0.2) is 4.98 Å². The fourth-order valence-electron chi connectivity index (χ4n) is 7.06. The van der Waals surface area contributed by atoms with Crippen molar-refractivity contribution in [3.8, 4) is 33.3 Å². The van der Waals surface area contributed by atoms with Gasteiger partial charge in [0.15, 0.2) is 11.5 Å². The van der Waals surface area contributed by atoms with E-state index in [1.807, 2.05) is 18.2 Å². The molecular formula is C29H32N2O3S. The summed E-state index contributed by atoms with van der Waals surface area (Å²) in [6.45, 7) is 0.593. The Labute approximate surface area is 210 Å². The molecular weight excluding hydrogens is 456 g/mol. The van der Waals surface area contributed by atoms with Crippen LogP contribution in [0.1, 0.15) is 44.1 Å². The molecule has 5 nitrogen and oxygen atoms in total. The van der Waals surface area contributed by atoms with E-state index in [1.165, 1.54) is 19.3 Å². The normalized spacial score (nSPS) is 26.5. The first-order valence-electron chi connectivity index (χ1n) is 12.6. The third-order valence-corrected chi connectivity index (χ3v) is 9.25. The van der Waals surface area contributed by atoms with E-state index in [4.69, 9.17) is 14.5 Å². The molecule has 1 heterocycles. The van der Waals surface area contributed by atoms with Crippen molar-refractivity contribution in [2.24, 2.45) is 23.2 Å². The molecule has 4 fully saturated rings. The number of aromatic nitrogens is 1. The molecule has 0 radical (unpaired) electrons. The van der Waals surface area contributed by atoms with Crippen LogP contribution in [0.15, 0.2) is 47.8 Å². The molecule has 4 aliphatic rings. The second-order valence-electron chi connectivity index (χ2n) is 10.7. The quantitative estimate of drug-likeness (QED) is 0.422. The van der Waals surface area contributed by atoms with Crippen LogP contribution in [0.5, 0.6) is 11.5 Å². The molecule has 1 N–H and O–H groups in total. The Kier molecular flexibility index (Phi) is 5.79. The highest BCUT2D eigenvalue weighted by atomic mass is 32.1. The van der Waals surface area contributed by atoms with Crippen LogP contribution in [0.3, 0.4) is 0 Å². The topological polar surface area (TPSA) is 60.5 Å². The van der Waals surface area contributed by atoms with E-state index in [1.54, 1.807) is 25.6 Å². The number of thiazole rings is 1. The number of methoxy groups -OCH3 is 2. The molecule has 6 heteroatoms. The van der Waals surface area contributed by atoms with E-state index in [-0.39, 0.29) is 5.41 Å². The maximum Gasteiger partial charge on any atom is 0.226 e. The highest BCUT2D eigenvalue weighted by molar-refractivity contribution is 7.13. The summed E-state index contributed by atoms with van der Waals surface area (Å²) in [7, 11) is 3.28. The van der Waals surface area contributed by atoms with Crippen LogP contribution in [-0.2, 0) is 11.3 Å². The van der Waals surface area contributed by atoms with E-state index < -0.39 is 0 Å². The van der Waals surface area contributed by atoms with Crippen molar-refractivity contribution in [1.82, 2.24) is 10.3 Å². The Morgan fingerprint density at radius 1 is 0.943 bits per heavy atom. The fourth-order valence-corrected chi connectivity index (χ4v) is 7.89. The van der Waals surface area contributed by atoms with E-state index >= 15 is 0 Å². The minimum Gasteiger partial charge on any atom is -0.493 e. The summed E-state index contributed by atoms with van der Waals surface area (Å²) in [4.78, 5) is 18.1. The van der Waals surface area contributed by atoms with Crippen LogP contribution in [0.4, 0.5) is 0 Å². The Morgan fingerprint density at radius 2 is 1.57 bits per heavy atom. The van der Waals surface area contributed by atoms with Crippen LogP contribution in [0, 0.1) is 23.2 Å². The largest absolute Gasteiger partial charge is 0.493 e. The van der Waals surface area contributed by atoms with Gasteiger partial charge in [-0.05, 0) is 80.0 Å². The van der Waals surface area contributed by atoms with E-state index in [0.717, 1.165) is 64.4 Å². The molecule has 1 aromatic heterocycles. The van der Waals surface area contributed by atoms with Crippen LogP contribution >= 0.6 is 11.3 Å². The summed E-state index contributed by atoms with van der Waals surface area (Å²) in [5, 5.41) is 6.32. The molecule has 1 amide bonds. The van der Waals surface area contributed by atoms with Crippen molar-refractivity contribution in [2.45, 2.75) is 45.1 Å². The van der Waals surface area contributed by atoms with Gasteiger partial charge in [0.2, 0.25) is 5.91 Å². The molecule has 35 heavy (non-hydrogen) atoms. The summed E-state index contributed by atoms with van der Waals surface area (Å²) in [6, 6.07) is 14.3. The van der Waals surface area contributed by atoms with Gasteiger partial charge in [0.05, 0.1) is 19.9 Å². The number of rotatable bonds is 7. The maximum atomic E-state index is 13.2. The molecule has 0 aliphatic heterocycles. The predicted molar refractivity (Wildman–Crippen MR) is 139 cm³/mol. The molecule has 0 saturated heterocycles. The smallest absolute Gasteiger partial charge is 0.226 e. The van der Waals surface area contributed by atoms with Gasteiger partial charge in [-0.15, -0.1) is 11.3 Å². The molecule has 4 bridgehead atoms. The number of nitrogens with one attached hydrogen (secondary N) is 1. The highest BCUT2D eigenvalue weighted by Crippen LogP contribution is 2.60. The zero-order valence-corrected chi connectivity index (χ0v) is 21.2. The Balaban J connectivity index is 1.11. The van der Waals surface area contributed by atoms with Crippen LogP contribution in [-0.4, -0.2) is 25.1 Å². The number of hydrogen-bond donors (Lipinski definition) is 1.